The van der Waals surface area contributed by atoms with E-state index in [1.807, 2.05) is 13.1 Å². The maximum absolute atomic E-state index is 4.32. The first-order chi connectivity index (χ1) is 11.8. The number of hydrogen-bond donors (Lipinski definition) is 2. The average molecular weight is 450 g/mol. The van der Waals surface area contributed by atoms with E-state index in [4.69, 9.17) is 0 Å². The van der Waals surface area contributed by atoms with Crippen LogP contribution in [-0.2, 0) is 13.0 Å². The third-order valence-corrected chi connectivity index (χ3v) is 4.55. The summed E-state index contributed by atoms with van der Waals surface area (Å²) in [6.45, 7) is 5.00. The first kappa shape index (κ1) is 19.6. The van der Waals surface area contributed by atoms with Crippen molar-refractivity contribution in [2.24, 2.45) is 4.99 Å². The van der Waals surface area contributed by atoms with Crippen molar-refractivity contribution < 1.29 is 0 Å². The fourth-order valence-electron chi connectivity index (χ4n) is 3.18. The van der Waals surface area contributed by atoms with E-state index in [9.17, 15) is 0 Å². The Hall–Kier alpha value is -1.76. The van der Waals surface area contributed by atoms with Crippen LogP contribution in [0.3, 0.4) is 0 Å². The highest BCUT2D eigenvalue weighted by molar-refractivity contribution is 14.0. The lowest BCUT2D eigenvalue weighted by Gasteiger charge is -2.28. The summed E-state index contributed by atoms with van der Waals surface area (Å²) in [5, 5.41) is 6.82. The predicted molar refractivity (Wildman–Crippen MR) is 117 cm³/mol. The summed E-state index contributed by atoms with van der Waals surface area (Å²) >= 11 is 0. The topological polar surface area (TPSA) is 39.7 Å². The van der Waals surface area contributed by atoms with Crippen LogP contribution >= 0.6 is 24.0 Å². The Morgan fingerprint density at radius 3 is 2.56 bits per heavy atom. The van der Waals surface area contributed by atoms with Gasteiger partial charge in [-0.1, -0.05) is 48.5 Å². The molecule has 1 aliphatic heterocycles. The lowest BCUT2D eigenvalue weighted by atomic mass is 10.2. The SMILES string of the molecule is CN=C(NCc1ccccc1)NCC(C)N1CCc2ccccc21.I. The van der Waals surface area contributed by atoms with Gasteiger partial charge in [0.15, 0.2) is 5.96 Å². The van der Waals surface area contributed by atoms with Gasteiger partial charge in [-0.25, -0.2) is 0 Å². The van der Waals surface area contributed by atoms with Crippen LogP contribution < -0.4 is 15.5 Å². The van der Waals surface area contributed by atoms with Crippen LogP contribution in [0.2, 0.25) is 0 Å². The zero-order valence-electron chi connectivity index (χ0n) is 14.9. The fourth-order valence-corrected chi connectivity index (χ4v) is 3.18. The van der Waals surface area contributed by atoms with E-state index in [0.717, 1.165) is 32.0 Å². The predicted octanol–water partition coefficient (Wildman–Crippen LogP) is 3.42. The first-order valence-corrected chi connectivity index (χ1v) is 8.61. The van der Waals surface area contributed by atoms with Crippen LogP contribution in [0.15, 0.2) is 59.6 Å². The minimum absolute atomic E-state index is 0. The molecule has 1 unspecified atom stereocenters. The highest BCUT2D eigenvalue weighted by atomic mass is 127. The van der Waals surface area contributed by atoms with E-state index in [0.29, 0.717) is 6.04 Å². The van der Waals surface area contributed by atoms with Gasteiger partial charge in [-0.05, 0) is 30.5 Å². The van der Waals surface area contributed by atoms with Crippen molar-refractivity contribution in [1.29, 1.82) is 0 Å². The number of nitrogens with zero attached hydrogens (tertiary/aromatic N) is 2. The lowest BCUT2D eigenvalue weighted by molar-refractivity contribution is 0.625. The van der Waals surface area contributed by atoms with Crippen molar-refractivity contribution >= 4 is 35.6 Å². The molecule has 5 heteroatoms. The molecule has 0 spiro atoms. The van der Waals surface area contributed by atoms with Gasteiger partial charge in [0.2, 0.25) is 0 Å². The lowest BCUT2D eigenvalue weighted by Crippen LogP contribution is -2.45. The largest absolute Gasteiger partial charge is 0.366 e. The zero-order chi connectivity index (χ0) is 16.8. The molecule has 0 bridgehead atoms. The smallest absolute Gasteiger partial charge is 0.191 e. The molecule has 0 saturated carbocycles. The van der Waals surface area contributed by atoms with Gasteiger partial charge < -0.3 is 15.5 Å². The zero-order valence-corrected chi connectivity index (χ0v) is 17.2. The number of guanidine groups is 1. The molecule has 134 valence electrons. The molecule has 0 aliphatic carbocycles. The third-order valence-electron chi connectivity index (χ3n) is 4.55. The quantitative estimate of drug-likeness (QED) is 0.417. The van der Waals surface area contributed by atoms with Crippen LogP contribution in [0.25, 0.3) is 0 Å². The van der Waals surface area contributed by atoms with Gasteiger partial charge in [0.25, 0.3) is 0 Å². The number of para-hydroxylation sites is 1. The molecule has 0 fully saturated rings. The number of hydrogen-bond acceptors (Lipinski definition) is 2. The molecular formula is C20H27IN4. The van der Waals surface area contributed by atoms with Crippen molar-refractivity contribution in [2.75, 3.05) is 25.0 Å². The van der Waals surface area contributed by atoms with Crippen molar-refractivity contribution in [3.8, 4) is 0 Å². The number of aliphatic imine (C=N–C) groups is 1. The monoisotopic (exact) mass is 450 g/mol. The second-order valence-corrected chi connectivity index (χ2v) is 6.21. The van der Waals surface area contributed by atoms with Gasteiger partial charge in [-0.15, -0.1) is 24.0 Å². The van der Waals surface area contributed by atoms with E-state index in [1.165, 1.54) is 16.8 Å². The molecule has 0 radical (unpaired) electrons. The number of benzene rings is 2. The van der Waals surface area contributed by atoms with Crippen LogP contribution in [0.5, 0.6) is 0 Å². The van der Waals surface area contributed by atoms with E-state index in [-0.39, 0.29) is 24.0 Å². The van der Waals surface area contributed by atoms with E-state index >= 15 is 0 Å². The Morgan fingerprint density at radius 1 is 1.08 bits per heavy atom. The van der Waals surface area contributed by atoms with Gasteiger partial charge in [-0.3, -0.25) is 4.99 Å². The van der Waals surface area contributed by atoms with Crippen LogP contribution in [0.4, 0.5) is 5.69 Å². The third kappa shape index (κ3) is 5.11. The Labute approximate surface area is 167 Å². The number of anilines is 1. The molecule has 1 aliphatic rings. The summed E-state index contributed by atoms with van der Waals surface area (Å²) in [4.78, 5) is 6.80. The minimum Gasteiger partial charge on any atom is -0.366 e. The van der Waals surface area contributed by atoms with Gasteiger partial charge in [0.05, 0.1) is 0 Å². The van der Waals surface area contributed by atoms with E-state index in [2.05, 4.69) is 76.0 Å². The summed E-state index contributed by atoms with van der Waals surface area (Å²) in [7, 11) is 1.82. The summed E-state index contributed by atoms with van der Waals surface area (Å²) in [5.74, 6) is 0.846. The highest BCUT2D eigenvalue weighted by Gasteiger charge is 2.22. The maximum Gasteiger partial charge on any atom is 0.191 e. The highest BCUT2D eigenvalue weighted by Crippen LogP contribution is 2.28. The van der Waals surface area contributed by atoms with Gasteiger partial charge >= 0.3 is 0 Å². The summed E-state index contributed by atoms with van der Waals surface area (Å²) in [6, 6.07) is 19.5. The molecular weight excluding hydrogens is 423 g/mol. The second kappa shape index (κ2) is 9.65. The summed E-state index contributed by atoms with van der Waals surface area (Å²) in [5.41, 5.74) is 4.08. The second-order valence-electron chi connectivity index (χ2n) is 6.21. The molecule has 3 rings (SSSR count). The molecule has 4 nitrogen and oxygen atoms in total. The average Bonchev–Trinajstić information content (AvgIpc) is 3.07. The van der Waals surface area contributed by atoms with Crippen molar-refractivity contribution in [3.63, 3.8) is 0 Å². The van der Waals surface area contributed by atoms with Crippen LogP contribution in [-0.4, -0.2) is 32.1 Å². The number of halogens is 1. The molecule has 25 heavy (non-hydrogen) atoms. The maximum atomic E-state index is 4.32. The van der Waals surface area contributed by atoms with Gasteiger partial charge in [0.1, 0.15) is 0 Å². The summed E-state index contributed by atoms with van der Waals surface area (Å²) in [6.07, 6.45) is 1.14. The van der Waals surface area contributed by atoms with E-state index in [1.54, 1.807) is 0 Å². The molecule has 0 saturated heterocycles. The number of nitrogens with one attached hydrogen (secondary N) is 2. The van der Waals surface area contributed by atoms with Crippen LogP contribution in [0, 0.1) is 0 Å². The summed E-state index contributed by atoms with van der Waals surface area (Å²) < 4.78 is 0. The number of rotatable bonds is 5. The van der Waals surface area contributed by atoms with Crippen LogP contribution in [0.1, 0.15) is 18.1 Å². The Bertz CT molecular complexity index is 687. The van der Waals surface area contributed by atoms with Gasteiger partial charge in [0, 0.05) is 38.4 Å². The van der Waals surface area contributed by atoms with Crippen molar-refractivity contribution in [2.45, 2.75) is 25.9 Å². The normalized spacial score (nSPS) is 14.5. The first-order valence-electron chi connectivity index (χ1n) is 8.61. The van der Waals surface area contributed by atoms with Crippen molar-refractivity contribution in [1.82, 2.24) is 10.6 Å². The van der Waals surface area contributed by atoms with E-state index < -0.39 is 0 Å². The fraction of sp³-hybridized carbons (Fsp3) is 0.350. The molecule has 1 atom stereocenters. The molecule has 2 aromatic rings. The minimum atomic E-state index is 0. The Balaban J connectivity index is 0.00000225. The standard InChI is InChI=1S/C20H26N4.HI/c1-16(24-13-12-18-10-6-7-11-19(18)24)14-22-20(21-2)23-15-17-8-4-3-5-9-17;/h3-11,16H,12-15H2,1-2H3,(H2,21,22,23);1H. The number of fused-ring (bicyclic) bond motifs is 1. The van der Waals surface area contributed by atoms with Gasteiger partial charge in [-0.2, -0.15) is 0 Å². The van der Waals surface area contributed by atoms with Crippen molar-refractivity contribution in [3.05, 3.63) is 65.7 Å². The molecule has 2 N–H and O–H groups in total. The Kier molecular flexibility index (Phi) is 7.55. The molecule has 1 heterocycles. The molecule has 0 aromatic heterocycles. The molecule has 0 amide bonds. The Morgan fingerprint density at radius 2 is 1.80 bits per heavy atom. The molecule has 2 aromatic carbocycles.